The highest BCUT2D eigenvalue weighted by molar-refractivity contribution is 4.93. The fraction of sp³-hybridized carbons (Fsp3) is 1.00. The van der Waals surface area contributed by atoms with Gasteiger partial charge in [-0.3, -0.25) is 4.90 Å². The predicted molar refractivity (Wildman–Crippen MR) is 85.1 cm³/mol. The zero-order chi connectivity index (χ0) is 13.9. The van der Waals surface area contributed by atoms with Gasteiger partial charge in [0.25, 0.3) is 0 Å². The fourth-order valence-electron chi connectivity index (χ4n) is 4.83. The largest absolute Gasteiger partial charge is 0.313 e. The van der Waals surface area contributed by atoms with Gasteiger partial charge in [0.2, 0.25) is 0 Å². The molecule has 3 unspecified atom stereocenters. The second kappa shape index (κ2) is 6.76. The Morgan fingerprint density at radius 1 is 1.05 bits per heavy atom. The third-order valence-electron chi connectivity index (χ3n) is 6.12. The molecule has 1 saturated carbocycles. The summed E-state index contributed by atoms with van der Waals surface area (Å²) in [6.07, 6.45) is 10.1. The number of hydrogen-bond acceptors (Lipinski definition) is 3. The van der Waals surface area contributed by atoms with Crippen LogP contribution in [0.3, 0.4) is 0 Å². The molecular weight excluding hydrogens is 246 g/mol. The van der Waals surface area contributed by atoms with E-state index < -0.39 is 0 Å². The van der Waals surface area contributed by atoms with Gasteiger partial charge in [-0.25, -0.2) is 0 Å². The van der Waals surface area contributed by atoms with Gasteiger partial charge in [0, 0.05) is 31.2 Å². The van der Waals surface area contributed by atoms with E-state index in [4.69, 9.17) is 0 Å². The number of fused-ring (bicyclic) bond motifs is 2. The Morgan fingerprint density at radius 2 is 1.80 bits per heavy atom. The minimum atomic E-state index is 0.740. The van der Waals surface area contributed by atoms with Crippen LogP contribution >= 0.6 is 0 Å². The second-order valence-electron chi connectivity index (χ2n) is 7.31. The molecule has 0 spiro atoms. The van der Waals surface area contributed by atoms with Gasteiger partial charge in [-0.15, -0.1) is 0 Å². The maximum Gasteiger partial charge on any atom is 0.0223 e. The highest BCUT2D eigenvalue weighted by Gasteiger charge is 2.35. The van der Waals surface area contributed by atoms with E-state index in [0.717, 1.165) is 30.6 Å². The summed E-state index contributed by atoms with van der Waals surface area (Å²) in [4.78, 5) is 5.43. The van der Waals surface area contributed by atoms with Gasteiger partial charge in [-0.1, -0.05) is 19.8 Å². The number of likely N-dealkylation sites (tertiary alicyclic amines) is 1. The van der Waals surface area contributed by atoms with Crippen molar-refractivity contribution in [2.45, 2.75) is 70.0 Å². The second-order valence-corrected chi connectivity index (χ2v) is 7.31. The number of likely N-dealkylation sites (N-methyl/N-ethyl adjacent to an activating group) is 2. The van der Waals surface area contributed by atoms with Crippen molar-refractivity contribution in [3.63, 3.8) is 0 Å². The Hall–Kier alpha value is -0.120. The Labute approximate surface area is 125 Å². The predicted octanol–water partition coefficient (Wildman–Crippen LogP) is 2.32. The molecule has 3 rings (SSSR count). The minimum absolute atomic E-state index is 0.740. The van der Waals surface area contributed by atoms with E-state index in [1.54, 1.807) is 0 Å². The molecule has 3 aliphatic rings. The lowest BCUT2D eigenvalue weighted by molar-refractivity contribution is 0.186. The molecule has 2 heterocycles. The summed E-state index contributed by atoms with van der Waals surface area (Å²) < 4.78 is 0. The Morgan fingerprint density at radius 3 is 2.55 bits per heavy atom. The summed E-state index contributed by atoms with van der Waals surface area (Å²) in [5, 5.41) is 3.79. The highest BCUT2D eigenvalue weighted by atomic mass is 15.3. The SMILES string of the molecule is CCNC(CN1CCC2CCC(C1)N2C)C1CCCC1. The zero-order valence-electron chi connectivity index (χ0n) is 13.5. The van der Waals surface area contributed by atoms with Gasteiger partial charge in [0.1, 0.15) is 0 Å². The van der Waals surface area contributed by atoms with Crippen LogP contribution in [-0.4, -0.2) is 61.2 Å². The molecule has 2 aliphatic heterocycles. The third-order valence-corrected chi connectivity index (χ3v) is 6.12. The molecule has 0 amide bonds. The summed E-state index contributed by atoms with van der Waals surface area (Å²) in [7, 11) is 2.35. The van der Waals surface area contributed by atoms with Crippen molar-refractivity contribution in [3.8, 4) is 0 Å². The number of rotatable bonds is 5. The first-order valence-corrected chi connectivity index (χ1v) is 8.95. The van der Waals surface area contributed by atoms with Crippen LogP contribution < -0.4 is 5.32 Å². The van der Waals surface area contributed by atoms with E-state index in [0.29, 0.717) is 0 Å². The summed E-state index contributed by atoms with van der Waals surface area (Å²) in [5.74, 6) is 0.938. The summed E-state index contributed by atoms with van der Waals surface area (Å²) in [6, 6.07) is 2.44. The first-order valence-electron chi connectivity index (χ1n) is 8.95. The average molecular weight is 279 g/mol. The number of hydrogen-bond donors (Lipinski definition) is 1. The molecule has 1 aliphatic carbocycles. The molecule has 0 radical (unpaired) electrons. The van der Waals surface area contributed by atoms with Crippen LogP contribution in [0, 0.1) is 5.92 Å². The smallest absolute Gasteiger partial charge is 0.0223 e. The van der Waals surface area contributed by atoms with Crippen molar-refractivity contribution in [3.05, 3.63) is 0 Å². The van der Waals surface area contributed by atoms with Gasteiger partial charge in [-0.2, -0.15) is 0 Å². The molecule has 2 saturated heterocycles. The molecule has 0 aromatic rings. The molecule has 3 heteroatoms. The Kier molecular flexibility index (Phi) is 5.00. The molecule has 0 aromatic heterocycles. The fourth-order valence-corrected chi connectivity index (χ4v) is 4.83. The van der Waals surface area contributed by atoms with Crippen molar-refractivity contribution in [2.24, 2.45) is 5.92 Å². The van der Waals surface area contributed by atoms with Gasteiger partial charge in [0.05, 0.1) is 0 Å². The number of nitrogens with one attached hydrogen (secondary N) is 1. The highest BCUT2D eigenvalue weighted by Crippen LogP contribution is 2.31. The molecule has 3 fully saturated rings. The van der Waals surface area contributed by atoms with Crippen molar-refractivity contribution in [2.75, 3.05) is 33.2 Å². The van der Waals surface area contributed by atoms with Gasteiger partial charge in [-0.05, 0) is 58.2 Å². The van der Waals surface area contributed by atoms with E-state index in [9.17, 15) is 0 Å². The van der Waals surface area contributed by atoms with E-state index >= 15 is 0 Å². The van der Waals surface area contributed by atoms with Crippen LogP contribution in [0.2, 0.25) is 0 Å². The summed E-state index contributed by atoms with van der Waals surface area (Å²) in [6.45, 7) is 7.30. The average Bonchev–Trinajstić information content (AvgIpc) is 3.02. The van der Waals surface area contributed by atoms with Crippen molar-refractivity contribution in [1.82, 2.24) is 15.1 Å². The van der Waals surface area contributed by atoms with Gasteiger partial charge in [0.15, 0.2) is 0 Å². The quantitative estimate of drug-likeness (QED) is 0.833. The first-order chi connectivity index (χ1) is 9.78. The lowest BCUT2D eigenvalue weighted by atomic mass is 9.97. The van der Waals surface area contributed by atoms with Crippen LogP contribution in [0.25, 0.3) is 0 Å². The lowest BCUT2D eigenvalue weighted by Gasteiger charge is -2.32. The summed E-state index contributed by atoms with van der Waals surface area (Å²) in [5.41, 5.74) is 0. The van der Waals surface area contributed by atoms with Gasteiger partial charge < -0.3 is 10.2 Å². The van der Waals surface area contributed by atoms with Crippen LogP contribution in [0.1, 0.15) is 51.9 Å². The third kappa shape index (κ3) is 3.20. The maximum absolute atomic E-state index is 3.79. The van der Waals surface area contributed by atoms with Crippen molar-refractivity contribution < 1.29 is 0 Å². The van der Waals surface area contributed by atoms with Crippen molar-refractivity contribution in [1.29, 1.82) is 0 Å². The van der Waals surface area contributed by atoms with E-state index in [2.05, 4.69) is 29.1 Å². The Bertz CT molecular complexity index is 301. The normalized spacial score (nSPS) is 34.5. The maximum atomic E-state index is 3.79. The van der Waals surface area contributed by atoms with E-state index in [-0.39, 0.29) is 0 Å². The monoisotopic (exact) mass is 279 g/mol. The first kappa shape index (κ1) is 14.8. The molecule has 3 atom stereocenters. The van der Waals surface area contributed by atoms with Crippen LogP contribution in [0.15, 0.2) is 0 Å². The molecule has 20 heavy (non-hydrogen) atoms. The standard InChI is InChI=1S/C17H33N3/c1-3-18-17(14-6-4-5-7-14)13-20-11-10-15-8-9-16(12-20)19(15)2/h14-18H,3-13H2,1-2H3. The molecule has 2 bridgehead atoms. The topological polar surface area (TPSA) is 18.5 Å². The Balaban J connectivity index is 1.57. The van der Waals surface area contributed by atoms with Crippen LogP contribution in [-0.2, 0) is 0 Å². The molecule has 116 valence electrons. The number of nitrogens with zero attached hydrogens (tertiary/aromatic N) is 2. The van der Waals surface area contributed by atoms with Crippen molar-refractivity contribution >= 4 is 0 Å². The van der Waals surface area contributed by atoms with Crippen LogP contribution in [0.5, 0.6) is 0 Å². The van der Waals surface area contributed by atoms with E-state index in [1.807, 2.05) is 0 Å². The molecular formula is C17H33N3. The summed E-state index contributed by atoms with van der Waals surface area (Å²) >= 11 is 0. The van der Waals surface area contributed by atoms with E-state index in [1.165, 1.54) is 64.6 Å². The zero-order valence-corrected chi connectivity index (χ0v) is 13.5. The van der Waals surface area contributed by atoms with Crippen LogP contribution in [0.4, 0.5) is 0 Å². The molecule has 1 N–H and O–H groups in total. The van der Waals surface area contributed by atoms with Gasteiger partial charge >= 0.3 is 0 Å². The minimum Gasteiger partial charge on any atom is -0.313 e. The molecule has 0 aromatic carbocycles. The lowest BCUT2D eigenvalue weighted by Crippen LogP contribution is -2.47. The molecule has 3 nitrogen and oxygen atoms in total.